The average Bonchev–Trinajstić information content (AvgIpc) is 2.70. The van der Waals surface area contributed by atoms with Crippen LogP contribution in [0.25, 0.3) is 0 Å². The normalized spacial score (nSPS) is 16.4. The molecule has 6 nitrogen and oxygen atoms in total. The van der Waals surface area contributed by atoms with E-state index in [9.17, 15) is 14.0 Å². The number of nitrogens with one attached hydrogen (secondary N) is 1. The van der Waals surface area contributed by atoms with Gasteiger partial charge in [-0.15, -0.1) is 0 Å². The SMILES string of the molecule is CCOC(=O)C1=C(COc2ccccc2F)N(C)C(=O)N[C@H]1c1ccc(C)cc1C. The third-order valence-electron chi connectivity index (χ3n) is 5.01. The summed E-state index contributed by atoms with van der Waals surface area (Å²) in [5.41, 5.74) is 3.38. The van der Waals surface area contributed by atoms with Crippen LogP contribution in [0.15, 0.2) is 53.7 Å². The van der Waals surface area contributed by atoms with E-state index in [2.05, 4.69) is 5.32 Å². The second-order valence-electron chi connectivity index (χ2n) is 7.10. The van der Waals surface area contributed by atoms with Gasteiger partial charge in [0, 0.05) is 7.05 Å². The van der Waals surface area contributed by atoms with Crippen molar-refractivity contribution in [1.29, 1.82) is 0 Å². The van der Waals surface area contributed by atoms with Gasteiger partial charge in [0.1, 0.15) is 6.61 Å². The van der Waals surface area contributed by atoms with Crippen molar-refractivity contribution < 1.29 is 23.5 Å². The lowest BCUT2D eigenvalue weighted by atomic mass is 9.91. The van der Waals surface area contributed by atoms with E-state index < -0.39 is 17.8 Å². The van der Waals surface area contributed by atoms with Crippen molar-refractivity contribution in [1.82, 2.24) is 10.2 Å². The quantitative estimate of drug-likeness (QED) is 0.728. The standard InChI is InChI=1S/C23H25FN2O4/c1-5-29-22(27)20-18(13-30-19-9-7-6-8-17(19)24)26(4)23(28)25-21(20)16-11-10-14(2)12-15(16)3/h6-12,21H,5,13H2,1-4H3,(H,25,28)/t21-/m0/s1. The van der Waals surface area contributed by atoms with Gasteiger partial charge in [0.05, 0.1) is 23.9 Å². The number of rotatable bonds is 6. The Kier molecular flexibility index (Phi) is 6.40. The summed E-state index contributed by atoms with van der Waals surface area (Å²) >= 11 is 0. The summed E-state index contributed by atoms with van der Waals surface area (Å²) in [6.45, 7) is 5.62. The molecule has 3 rings (SSSR count). The van der Waals surface area contributed by atoms with E-state index in [0.29, 0.717) is 5.70 Å². The number of hydrogen-bond donors (Lipinski definition) is 1. The lowest BCUT2D eigenvalue weighted by Crippen LogP contribution is -2.48. The van der Waals surface area contributed by atoms with Gasteiger partial charge in [0.15, 0.2) is 11.6 Å². The summed E-state index contributed by atoms with van der Waals surface area (Å²) in [4.78, 5) is 26.9. The highest BCUT2D eigenvalue weighted by molar-refractivity contribution is 5.95. The zero-order valence-corrected chi connectivity index (χ0v) is 17.5. The van der Waals surface area contributed by atoms with Crippen LogP contribution in [0.3, 0.4) is 0 Å². The molecule has 1 atom stereocenters. The van der Waals surface area contributed by atoms with Gasteiger partial charge in [-0.25, -0.2) is 14.0 Å². The van der Waals surface area contributed by atoms with Gasteiger partial charge in [0.2, 0.25) is 0 Å². The number of carbonyl (C=O) groups is 2. The molecular weight excluding hydrogens is 387 g/mol. The third-order valence-corrected chi connectivity index (χ3v) is 5.01. The zero-order chi connectivity index (χ0) is 21.8. The van der Waals surface area contributed by atoms with Gasteiger partial charge in [0.25, 0.3) is 0 Å². The fraction of sp³-hybridized carbons (Fsp3) is 0.304. The first-order valence-corrected chi connectivity index (χ1v) is 9.72. The fourth-order valence-electron chi connectivity index (χ4n) is 3.47. The van der Waals surface area contributed by atoms with Crippen molar-refractivity contribution in [3.63, 3.8) is 0 Å². The van der Waals surface area contributed by atoms with Crippen LogP contribution in [0.1, 0.15) is 29.7 Å². The van der Waals surface area contributed by atoms with Gasteiger partial charge in [-0.3, -0.25) is 4.90 Å². The van der Waals surface area contributed by atoms with Crippen molar-refractivity contribution in [2.24, 2.45) is 0 Å². The van der Waals surface area contributed by atoms with Crippen LogP contribution in [0.4, 0.5) is 9.18 Å². The molecule has 1 N–H and O–H groups in total. The van der Waals surface area contributed by atoms with Crippen LogP contribution in [0.2, 0.25) is 0 Å². The molecular formula is C23H25FN2O4. The third kappa shape index (κ3) is 4.30. The molecule has 158 valence electrons. The molecule has 0 radical (unpaired) electrons. The monoisotopic (exact) mass is 412 g/mol. The molecule has 30 heavy (non-hydrogen) atoms. The number of para-hydroxylation sites is 1. The van der Waals surface area contributed by atoms with E-state index in [-0.39, 0.29) is 30.6 Å². The first kappa shape index (κ1) is 21.4. The van der Waals surface area contributed by atoms with Crippen LogP contribution < -0.4 is 10.1 Å². The summed E-state index contributed by atoms with van der Waals surface area (Å²) in [5.74, 6) is -1.04. The number of hydrogen-bond acceptors (Lipinski definition) is 4. The number of nitrogens with zero attached hydrogens (tertiary/aromatic N) is 1. The molecule has 0 aliphatic carbocycles. The van der Waals surface area contributed by atoms with Crippen LogP contribution >= 0.6 is 0 Å². The predicted molar refractivity (Wildman–Crippen MR) is 111 cm³/mol. The number of urea groups is 1. The van der Waals surface area contributed by atoms with Gasteiger partial charge in [-0.05, 0) is 44.0 Å². The molecule has 2 amide bonds. The van der Waals surface area contributed by atoms with E-state index in [1.807, 2.05) is 32.0 Å². The predicted octanol–water partition coefficient (Wildman–Crippen LogP) is 4.03. The molecule has 1 aliphatic heterocycles. The second-order valence-corrected chi connectivity index (χ2v) is 7.10. The average molecular weight is 412 g/mol. The molecule has 0 fully saturated rings. The topological polar surface area (TPSA) is 67.9 Å². The number of likely N-dealkylation sites (N-methyl/N-ethyl adjacent to an activating group) is 1. The Labute approximate surface area is 175 Å². The highest BCUT2D eigenvalue weighted by atomic mass is 19.1. The molecule has 0 aromatic heterocycles. The maximum Gasteiger partial charge on any atom is 0.338 e. The lowest BCUT2D eigenvalue weighted by Gasteiger charge is -2.35. The zero-order valence-electron chi connectivity index (χ0n) is 17.5. The Hall–Kier alpha value is -3.35. The van der Waals surface area contributed by atoms with E-state index in [1.165, 1.54) is 24.1 Å². The smallest absolute Gasteiger partial charge is 0.338 e. The Morgan fingerprint density at radius 3 is 2.60 bits per heavy atom. The van der Waals surface area contributed by atoms with Crippen LogP contribution in [-0.2, 0) is 9.53 Å². The Morgan fingerprint density at radius 1 is 1.20 bits per heavy atom. The van der Waals surface area contributed by atoms with E-state index in [0.717, 1.165) is 16.7 Å². The summed E-state index contributed by atoms with van der Waals surface area (Å²) in [7, 11) is 1.53. The van der Waals surface area contributed by atoms with E-state index in [4.69, 9.17) is 9.47 Å². The van der Waals surface area contributed by atoms with Crippen LogP contribution in [0, 0.1) is 19.7 Å². The number of aryl methyl sites for hydroxylation is 2. The number of carbonyl (C=O) groups excluding carboxylic acids is 2. The number of esters is 1. The van der Waals surface area contributed by atoms with Crippen molar-refractivity contribution >= 4 is 12.0 Å². The van der Waals surface area contributed by atoms with Gasteiger partial charge in [-0.2, -0.15) is 0 Å². The molecule has 0 spiro atoms. The molecule has 1 aliphatic rings. The van der Waals surface area contributed by atoms with E-state index >= 15 is 0 Å². The number of halogens is 1. The van der Waals surface area contributed by atoms with Crippen molar-refractivity contribution in [3.05, 3.63) is 76.2 Å². The highest BCUT2D eigenvalue weighted by Crippen LogP contribution is 2.33. The van der Waals surface area contributed by atoms with Crippen molar-refractivity contribution in [3.8, 4) is 5.75 Å². The van der Waals surface area contributed by atoms with Crippen LogP contribution in [0.5, 0.6) is 5.75 Å². The Morgan fingerprint density at radius 2 is 1.93 bits per heavy atom. The maximum absolute atomic E-state index is 14.0. The Balaban J connectivity index is 2.08. The minimum absolute atomic E-state index is 0.0376. The molecule has 7 heteroatoms. The summed E-state index contributed by atoms with van der Waals surface area (Å²) in [5, 5.41) is 2.87. The minimum Gasteiger partial charge on any atom is -0.484 e. The summed E-state index contributed by atoms with van der Waals surface area (Å²) in [6.07, 6.45) is 0. The first-order valence-electron chi connectivity index (χ1n) is 9.72. The molecule has 0 bridgehead atoms. The molecule has 0 saturated heterocycles. The summed E-state index contributed by atoms with van der Waals surface area (Å²) < 4.78 is 24.9. The van der Waals surface area contributed by atoms with Gasteiger partial charge >= 0.3 is 12.0 Å². The molecule has 0 unspecified atom stereocenters. The number of amides is 2. The highest BCUT2D eigenvalue weighted by Gasteiger charge is 2.37. The van der Waals surface area contributed by atoms with Gasteiger partial charge in [-0.1, -0.05) is 35.9 Å². The Bertz CT molecular complexity index is 1000. The molecule has 2 aromatic carbocycles. The largest absolute Gasteiger partial charge is 0.484 e. The first-order chi connectivity index (χ1) is 14.3. The molecule has 1 heterocycles. The molecule has 2 aromatic rings. The fourth-order valence-corrected chi connectivity index (χ4v) is 3.47. The van der Waals surface area contributed by atoms with E-state index in [1.54, 1.807) is 19.1 Å². The summed E-state index contributed by atoms with van der Waals surface area (Å²) in [6, 6.07) is 10.7. The maximum atomic E-state index is 14.0. The van der Waals surface area contributed by atoms with Crippen molar-refractivity contribution in [2.45, 2.75) is 26.8 Å². The van der Waals surface area contributed by atoms with Crippen LogP contribution in [-0.4, -0.2) is 37.2 Å². The minimum atomic E-state index is -0.701. The lowest BCUT2D eigenvalue weighted by molar-refractivity contribution is -0.139. The van der Waals surface area contributed by atoms with Crippen molar-refractivity contribution in [2.75, 3.05) is 20.3 Å². The number of ether oxygens (including phenoxy) is 2. The number of benzene rings is 2. The molecule has 0 saturated carbocycles. The second kappa shape index (κ2) is 8.98. The van der Waals surface area contributed by atoms with Gasteiger partial charge < -0.3 is 14.8 Å².